The van der Waals surface area contributed by atoms with E-state index in [0.717, 1.165) is 32.4 Å². The van der Waals surface area contributed by atoms with Crippen LogP contribution in [0.25, 0.3) is 0 Å². The number of carbonyl (C=O) groups excluding carboxylic acids is 1. The molecule has 1 aromatic heterocycles. The number of carbonyl (C=O) groups is 1. The first-order chi connectivity index (χ1) is 15.1. The lowest BCUT2D eigenvalue weighted by atomic mass is 9.74. The van der Waals surface area contributed by atoms with Crippen molar-refractivity contribution >= 4 is 17.3 Å². The van der Waals surface area contributed by atoms with Gasteiger partial charge in [0.1, 0.15) is 5.82 Å². The molecule has 0 saturated carbocycles. The van der Waals surface area contributed by atoms with Gasteiger partial charge in [0.15, 0.2) is 5.78 Å². The molecule has 0 amide bonds. The van der Waals surface area contributed by atoms with Crippen molar-refractivity contribution in [2.45, 2.75) is 33.6 Å². The number of aliphatic imine (C=N–C) groups is 1. The molecule has 0 unspecified atom stereocenters. The number of Topliss-reactive ketones (excluding diaryl/α,β-unsaturated/α-hetero) is 1. The summed E-state index contributed by atoms with van der Waals surface area (Å²) in [4.78, 5) is 44.6. The fourth-order valence-electron chi connectivity index (χ4n) is 5.27. The van der Waals surface area contributed by atoms with Crippen molar-refractivity contribution in [3.8, 4) is 0 Å². The van der Waals surface area contributed by atoms with Gasteiger partial charge in [0.2, 0.25) is 0 Å². The molecule has 0 saturated heterocycles. The molecule has 2 aromatic carbocycles. The van der Waals surface area contributed by atoms with E-state index in [1.54, 1.807) is 7.05 Å². The molecule has 3 aromatic rings. The summed E-state index contributed by atoms with van der Waals surface area (Å²) in [6, 6.07) is 9.53. The molecule has 162 valence electrons. The monoisotopic (exact) mass is 427 g/mol. The van der Waals surface area contributed by atoms with Crippen molar-refractivity contribution in [3.05, 3.63) is 95.7 Å². The van der Waals surface area contributed by atoms with Crippen LogP contribution in [0.3, 0.4) is 0 Å². The van der Waals surface area contributed by atoms with Gasteiger partial charge in [-0.15, -0.1) is 0 Å². The molecule has 2 aliphatic rings. The van der Waals surface area contributed by atoms with Gasteiger partial charge in [-0.05, 0) is 55.5 Å². The third kappa shape index (κ3) is 2.46. The normalized spacial score (nSPS) is 18.8. The highest BCUT2D eigenvalue weighted by Crippen LogP contribution is 2.47. The molecule has 2 heterocycles. The summed E-state index contributed by atoms with van der Waals surface area (Å²) in [5, 5.41) is 0. The summed E-state index contributed by atoms with van der Waals surface area (Å²) in [5.74, 6) is -0.790. The number of aryl methyl sites for hydroxylation is 1. The van der Waals surface area contributed by atoms with E-state index < -0.39 is 23.1 Å². The standard InChI is InChI=1S/C26H25N3O3/c1-12-11-18(15(4)14(3)13(12)2)19-20-22(16-9-7-8-10-17(16)23(20)30)27-24-21(19)25(31)29(6)26(32)28(24)5/h7-11,19-20H,1-6H3/t19-,20-/m1/s1. The number of hydrogen-bond acceptors (Lipinski definition) is 4. The van der Waals surface area contributed by atoms with Gasteiger partial charge in [0.05, 0.1) is 17.2 Å². The van der Waals surface area contributed by atoms with E-state index in [1.165, 1.54) is 17.2 Å². The summed E-state index contributed by atoms with van der Waals surface area (Å²) in [6.45, 7) is 8.25. The van der Waals surface area contributed by atoms with Crippen LogP contribution < -0.4 is 11.2 Å². The van der Waals surface area contributed by atoms with Crippen molar-refractivity contribution in [2.75, 3.05) is 0 Å². The van der Waals surface area contributed by atoms with Crippen molar-refractivity contribution in [3.63, 3.8) is 0 Å². The maximum Gasteiger partial charge on any atom is 0.332 e. The minimum absolute atomic E-state index is 0.0267. The van der Waals surface area contributed by atoms with Crippen molar-refractivity contribution in [1.82, 2.24) is 9.13 Å². The molecule has 0 fully saturated rings. The van der Waals surface area contributed by atoms with Crippen molar-refractivity contribution in [2.24, 2.45) is 25.0 Å². The summed E-state index contributed by atoms with van der Waals surface area (Å²) < 4.78 is 2.53. The molecular formula is C26H25N3O3. The Morgan fingerprint density at radius 1 is 0.812 bits per heavy atom. The summed E-state index contributed by atoms with van der Waals surface area (Å²) >= 11 is 0. The summed E-state index contributed by atoms with van der Waals surface area (Å²) in [6.07, 6.45) is 0. The Labute approximate surface area is 185 Å². The zero-order valence-corrected chi connectivity index (χ0v) is 19.1. The lowest BCUT2D eigenvalue weighted by Gasteiger charge is -2.31. The molecule has 2 atom stereocenters. The first-order valence-electron chi connectivity index (χ1n) is 10.7. The van der Waals surface area contributed by atoms with Crippen molar-refractivity contribution in [1.29, 1.82) is 0 Å². The SMILES string of the molecule is Cc1cc([C@H]2c3c(n(C)c(=O)n(C)c3=O)N=C3c4ccccc4C(=O)[C@@H]32)c(C)c(C)c1C. The molecule has 0 radical (unpaired) electrons. The second-order valence-corrected chi connectivity index (χ2v) is 8.96. The number of rotatable bonds is 1. The maximum absolute atomic E-state index is 13.7. The molecule has 6 nitrogen and oxygen atoms in total. The fraction of sp³-hybridized carbons (Fsp3) is 0.308. The number of nitrogens with zero attached hydrogens (tertiary/aromatic N) is 3. The van der Waals surface area contributed by atoms with Crippen LogP contribution in [-0.2, 0) is 14.1 Å². The van der Waals surface area contributed by atoms with E-state index >= 15 is 0 Å². The summed E-state index contributed by atoms with van der Waals surface area (Å²) in [5.41, 5.74) is 7.09. The quantitative estimate of drug-likeness (QED) is 0.598. The Morgan fingerprint density at radius 2 is 1.47 bits per heavy atom. The smallest absolute Gasteiger partial charge is 0.293 e. The third-order valence-corrected chi connectivity index (χ3v) is 7.44. The van der Waals surface area contributed by atoms with E-state index in [0.29, 0.717) is 22.7 Å². The largest absolute Gasteiger partial charge is 0.332 e. The first-order valence-corrected chi connectivity index (χ1v) is 10.7. The predicted molar refractivity (Wildman–Crippen MR) is 125 cm³/mol. The van der Waals surface area contributed by atoms with Crippen LogP contribution in [0, 0.1) is 33.6 Å². The molecule has 6 heteroatoms. The van der Waals surface area contributed by atoms with E-state index in [-0.39, 0.29) is 5.78 Å². The van der Waals surface area contributed by atoms with Gasteiger partial charge in [0.25, 0.3) is 5.56 Å². The number of aromatic nitrogens is 2. The summed E-state index contributed by atoms with van der Waals surface area (Å²) in [7, 11) is 3.11. The Balaban J connectivity index is 1.95. The Hall–Kier alpha value is -3.54. The zero-order valence-electron chi connectivity index (χ0n) is 19.1. The van der Waals surface area contributed by atoms with Gasteiger partial charge in [0, 0.05) is 31.1 Å². The molecule has 32 heavy (non-hydrogen) atoms. The average Bonchev–Trinajstić information content (AvgIpc) is 3.08. The van der Waals surface area contributed by atoms with E-state index in [4.69, 9.17) is 4.99 Å². The molecular weight excluding hydrogens is 402 g/mol. The number of ketones is 1. The topological polar surface area (TPSA) is 73.4 Å². The van der Waals surface area contributed by atoms with Gasteiger partial charge in [-0.25, -0.2) is 9.79 Å². The van der Waals surface area contributed by atoms with E-state index in [9.17, 15) is 14.4 Å². The Morgan fingerprint density at radius 3 is 2.16 bits per heavy atom. The van der Waals surface area contributed by atoms with Crippen LogP contribution >= 0.6 is 0 Å². The zero-order chi connectivity index (χ0) is 23.1. The maximum atomic E-state index is 13.7. The average molecular weight is 428 g/mol. The third-order valence-electron chi connectivity index (χ3n) is 7.44. The van der Waals surface area contributed by atoms with Gasteiger partial charge >= 0.3 is 5.69 Å². The van der Waals surface area contributed by atoms with Crippen LogP contribution in [0.2, 0.25) is 0 Å². The minimum atomic E-state index is -0.592. The van der Waals surface area contributed by atoms with E-state index in [2.05, 4.69) is 19.9 Å². The van der Waals surface area contributed by atoms with Gasteiger partial charge in [-0.1, -0.05) is 30.3 Å². The van der Waals surface area contributed by atoms with Crippen LogP contribution in [0.1, 0.15) is 55.2 Å². The van der Waals surface area contributed by atoms with Gasteiger partial charge in [-0.2, -0.15) is 0 Å². The van der Waals surface area contributed by atoms with Crippen LogP contribution in [0.5, 0.6) is 0 Å². The highest BCUT2D eigenvalue weighted by atomic mass is 16.2. The number of benzene rings is 2. The fourth-order valence-corrected chi connectivity index (χ4v) is 5.27. The highest BCUT2D eigenvalue weighted by molar-refractivity contribution is 6.30. The lowest BCUT2D eigenvalue weighted by Crippen LogP contribution is -2.43. The van der Waals surface area contributed by atoms with Crippen LogP contribution in [0.4, 0.5) is 5.82 Å². The number of hydrogen-bond donors (Lipinski definition) is 0. The molecule has 0 N–H and O–H groups in total. The Bertz CT molecular complexity index is 1500. The van der Waals surface area contributed by atoms with E-state index in [1.807, 2.05) is 38.1 Å². The van der Waals surface area contributed by atoms with Crippen LogP contribution in [0.15, 0.2) is 44.9 Å². The van der Waals surface area contributed by atoms with Gasteiger partial charge < -0.3 is 0 Å². The second kappa shape index (κ2) is 6.73. The molecule has 1 aliphatic heterocycles. The minimum Gasteiger partial charge on any atom is -0.293 e. The van der Waals surface area contributed by atoms with Crippen LogP contribution in [-0.4, -0.2) is 20.6 Å². The molecule has 0 spiro atoms. The predicted octanol–water partition coefficient (Wildman–Crippen LogP) is 3.40. The molecule has 0 bridgehead atoms. The Kier molecular flexibility index (Phi) is 4.28. The second-order valence-electron chi connectivity index (χ2n) is 8.96. The number of fused-ring (bicyclic) bond motifs is 4. The van der Waals surface area contributed by atoms with Gasteiger partial charge in [-0.3, -0.25) is 18.7 Å². The first kappa shape index (κ1) is 20.4. The van der Waals surface area contributed by atoms with Crippen molar-refractivity contribution < 1.29 is 4.79 Å². The molecule has 5 rings (SSSR count). The highest BCUT2D eigenvalue weighted by Gasteiger charge is 2.48. The lowest BCUT2D eigenvalue weighted by molar-refractivity contribution is 0.0953. The molecule has 1 aliphatic carbocycles.